The molecule has 1 N–H and O–H groups in total. The Labute approximate surface area is 303 Å². The summed E-state index contributed by atoms with van der Waals surface area (Å²) >= 11 is 0. The van der Waals surface area contributed by atoms with Crippen molar-refractivity contribution in [2.45, 2.75) is 31.1 Å². The van der Waals surface area contributed by atoms with Crippen LogP contribution in [-0.4, -0.2) is 21.3 Å². The molecule has 0 amide bonds. The summed E-state index contributed by atoms with van der Waals surface area (Å²) in [6.45, 7) is 0. The molecule has 13 heteroatoms. The van der Waals surface area contributed by atoms with Crippen molar-refractivity contribution in [3.8, 4) is 0 Å². The van der Waals surface area contributed by atoms with Gasteiger partial charge in [-0.2, -0.15) is 5.21 Å². The van der Waals surface area contributed by atoms with E-state index >= 15 is 0 Å². The summed E-state index contributed by atoms with van der Waals surface area (Å²) in [4.78, 5) is 24.7. The Morgan fingerprint density at radius 3 is 2.32 bits per heavy atom. The fraction of sp³-hybridized carbons (Fsp3) is 0.179. The van der Waals surface area contributed by atoms with Gasteiger partial charge in [0.2, 0.25) is 0 Å². The van der Waals surface area contributed by atoms with Gasteiger partial charge >= 0.3 is 88.7 Å². The molecule has 6 aromatic rings. The number of para-hydroxylation sites is 1. The predicted octanol–water partition coefficient (Wildman–Crippen LogP) is -5.36. The second kappa shape index (κ2) is 15.2. The number of aryl methyl sites for hydroxylation is 1. The molecule has 4 aromatic carbocycles. The van der Waals surface area contributed by atoms with Crippen molar-refractivity contribution in [2.75, 3.05) is 0 Å². The maximum Gasteiger partial charge on any atom is 1.00 e. The van der Waals surface area contributed by atoms with Gasteiger partial charge in [0.25, 0.3) is 0 Å². The van der Waals surface area contributed by atoms with Crippen LogP contribution in [0.3, 0.4) is 0 Å². The molecule has 6 rings (SSSR count). The summed E-state index contributed by atoms with van der Waals surface area (Å²) in [5, 5.41) is 22.1. The third-order valence-electron chi connectivity index (χ3n) is 6.87. The van der Waals surface area contributed by atoms with Crippen LogP contribution in [0.5, 0.6) is 0 Å². The quantitative estimate of drug-likeness (QED) is 0.129. The minimum atomic E-state index is -5.02. The second-order valence-electron chi connectivity index (χ2n) is 9.32. The molecule has 0 aliphatic heterocycles. The number of rotatable bonds is 9. The zero-order chi connectivity index (χ0) is 26.1. The predicted molar refractivity (Wildman–Crippen MR) is 140 cm³/mol. The Kier molecular flexibility index (Phi) is 12.8. The van der Waals surface area contributed by atoms with Crippen LogP contribution < -0.4 is 109 Å². The van der Waals surface area contributed by atoms with E-state index in [1.54, 1.807) is 0 Å². The SMILES string of the molecule is O=P([O-])([O-])[C@H](CCc1cccc2ccccc12)N[C@@H](Cc1ccc2c(c1)oc1ccccc12)c1nnn[n-]1.[Na+].[Na+].[Na+]. The van der Waals surface area contributed by atoms with Crippen molar-refractivity contribution >= 4 is 40.3 Å². The van der Waals surface area contributed by atoms with E-state index in [4.69, 9.17) is 4.42 Å². The normalized spacial score (nSPS) is 12.8. The first-order chi connectivity index (χ1) is 18.5. The van der Waals surface area contributed by atoms with Crippen LogP contribution in [0.1, 0.15) is 29.4 Å². The zero-order valence-corrected chi connectivity index (χ0v) is 30.1. The van der Waals surface area contributed by atoms with Crippen LogP contribution in [0.2, 0.25) is 0 Å². The fourth-order valence-corrected chi connectivity index (χ4v) is 5.82. The number of benzene rings is 4. The van der Waals surface area contributed by atoms with Crippen LogP contribution in [-0.2, 0) is 17.4 Å². The van der Waals surface area contributed by atoms with Gasteiger partial charge in [-0.25, -0.2) is 0 Å². The summed E-state index contributed by atoms with van der Waals surface area (Å²) < 4.78 is 18.4. The number of hydrogen-bond acceptors (Lipinski definition) is 8. The molecule has 0 unspecified atom stereocenters. The number of hydrogen-bond donors (Lipinski definition) is 1. The van der Waals surface area contributed by atoms with Crippen LogP contribution in [0.15, 0.2) is 89.3 Å². The Morgan fingerprint density at radius 2 is 1.56 bits per heavy atom. The van der Waals surface area contributed by atoms with Gasteiger partial charge in [-0.3, -0.25) is 10.3 Å². The molecule has 192 valence electrons. The van der Waals surface area contributed by atoms with Crippen molar-refractivity contribution in [3.63, 3.8) is 0 Å². The number of tetrazole rings is 1. The second-order valence-corrected chi connectivity index (χ2v) is 11.0. The number of nitrogens with zero attached hydrogens (tertiary/aromatic N) is 4. The monoisotopic (exact) mass is 593 g/mol. The van der Waals surface area contributed by atoms with Gasteiger partial charge < -0.3 is 29.2 Å². The van der Waals surface area contributed by atoms with E-state index in [0.29, 0.717) is 18.4 Å². The molecular weight excluding hydrogens is 570 g/mol. The number of fused-ring (bicyclic) bond motifs is 4. The molecule has 9 nitrogen and oxygen atoms in total. The third-order valence-corrected chi connectivity index (χ3v) is 8.04. The van der Waals surface area contributed by atoms with E-state index in [1.165, 1.54) is 0 Å². The molecule has 0 radical (unpaired) electrons. The van der Waals surface area contributed by atoms with Crippen molar-refractivity contribution in [3.05, 3.63) is 102 Å². The molecule has 2 heterocycles. The van der Waals surface area contributed by atoms with E-state index < -0.39 is 19.4 Å². The molecule has 0 fully saturated rings. The fourth-order valence-electron chi connectivity index (χ4n) is 5.02. The minimum Gasteiger partial charge on any atom is -0.810 e. The van der Waals surface area contributed by atoms with Gasteiger partial charge in [0.1, 0.15) is 11.2 Å². The molecule has 0 bridgehead atoms. The summed E-state index contributed by atoms with van der Waals surface area (Å²) in [5.74, 6) is -1.11. The Balaban J connectivity index is 0.00000154. The van der Waals surface area contributed by atoms with Crippen LogP contribution >= 0.6 is 7.60 Å². The van der Waals surface area contributed by atoms with E-state index in [9.17, 15) is 14.4 Å². The standard InChI is InChI=1S/C28H25N5O4P.3Na/c34-38(35,36)27(15-13-20-8-5-7-19-6-1-2-9-21(19)20)29-24(28-30-32-33-31-28)16-18-12-14-23-22-10-3-4-11-25(22)37-26(23)17-18;;;/h1-12,14,17,24,27,29H,13,15-16H2,(H2-,30,31,32,33,34,35,36);;;/q-1;3*+1/p-2/t24-,27+;;;/m0.../s1. The molecule has 0 aliphatic carbocycles. The minimum absolute atomic E-state index is 0. The molecule has 0 aliphatic rings. The van der Waals surface area contributed by atoms with Gasteiger partial charge in [0, 0.05) is 28.4 Å². The van der Waals surface area contributed by atoms with E-state index in [2.05, 4.69) is 25.9 Å². The molecule has 41 heavy (non-hydrogen) atoms. The topological polar surface area (TPSA) is 141 Å². The van der Waals surface area contributed by atoms with Gasteiger partial charge in [0.05, 0.1) is 0 Å². The zero-order valence-electron chi connectivity index (χ0n) is 23.2. The van der Waals surface area contributed by atoms with Gasteiger partial charge in [-0.15, -0.1) is 0 Å². The van der Waals surface area contributed by atoms with Crippen LogP contribution in [0, 0.1) is 0 Å². The first kappa shape index (κ1) is 34.6. The summed E-state index contributed by atoms with van der Waals surface area (Å²) in [6.07, 6.45) is 0.813. The van der Waals surface area contributed by atoms with Crippen LogP contribution in [0.25, 0.3) is 32.7 Å². The van der Waals surface area contributed by atoms with Gasteiger partial charge in [-0.1, -0.05) is 80.4 Å². The largest absolute Gasteiger partial charge is 1.00 e. The molecular formula is C28H23N5Na3O4P. The first-order valence-corrected chi connectivity index (χ1v) is 13.9. The van der Waals surface area contributed by atoms with E-state index in [-0.39, 0.29) is 101 Å². The summed E-state index contributed by atoms with van der Waals surface area (Å²) in [6, 6.07) is 26.7. The number of aromatic nitrogens is 4. The number of nitrogens with one attached hydrogen (secondary N) is 1. The Morgan fingerprint density at radius 1 is 0.854 bits per heavy atom. The summed E-state index contributed by atoms with van der Waals surface area (Å²) in [7, 11) is -5.02. The van der Waals surface area contributed by atoms with Crippen molar-refractivity contribution in [1.29, 1.82) is 0 Å². The molecule has 0 saturated carbocycles. The van der Waals surface area contributed by atoms with Gasteiger partial charge in [-0.05, 0) is 53.3 Å². The van der Waals surface area contributed by atoms with E-state index in [1.807, 2.05) is 84.9 Å². The first-order valence-electron chi connectivity index (χ1n) is 12.3. The smallest absolute Gasteiger partial charge is 0.810 e. The van der Waals surface area contributed by atoms with Gasteiger partial charge in [0.15, 0.2) is 0 Å². The number of furan rings is 1. The van der Waals surface area contributed by atoms with Crippen molar-refractivity contribution in [2.24, 2.45) is 0 Å². The molecule has 0 saturated heterocycles. The molecule has 2 atom stereocenters. The maximum absolute atomic E-state index is 12.4. The average molecular weight is 593 g/mol. The molecule has 0 spiro atoms. The summed E-state index contributed by atoms with van der Waals surface area (Å²) in [5.41, 5.74) is 3.34. The Hall–Kier alpha value is -0.880. The van der Waals surface area contributed by atoms with E-state index in [0.717, 1.165) is 38.3 Å². The van der Waals surface area contributed by atoms with Crippen molar-refractivity contribution < 1.29 is 107 Å². The maximum atomic E-state index is 12.4. The van der Waals surface area contributed by atoms with Crippen LogP contribution in [0.4, 0.5) is 0 Å². The van der Waals surface area contributed by atoms with Crippen molar-refractivity contribution in [1.82, 2.24) is 25.9 Å². The Bertz CT molecular complexity index is 1770. The third kappa shape index (κ3) is 7.99. The average Bonchev–Trinajstić information content (AvgIpc) is 3.58. The molecule has 2 aromatic heterocycles.